The molecule has 0 radical (unpaired) electrons. The normalized spacial score (nSPS) is 17.2. The van der Waals surface area contributed by atoms with Crippen LogP contribution in [0.4, 0.5) is 4.79 Å². The zero-order valence-corrected chi connectivity index (χ0v) is 21.8. The van der Waals surface area contributed by atoms with Crippen molar-refractivity contribution in [2.45, 2.75) is 37.9 Å². The Hall–Kier alpha value is -4.16. The van der Waals surface area contributed by atoms with Gasteiger partial charge in [-0.1, -0.05) is 78.9 Å². The van der Waals surface area contributed by atoms with Gasteiger partial charge in [-0.3, -0.25) is 4.79 Å². The first-order valence-corrected chi connectivity index (χ1v) is 13.4. The summed E-state index contributed by atoms with van der Waals surface area (Å²) in [6, 6.07) is 31.6. The van der Waals surface area contributed by atoms with Crippen molar-refractivity contribution in [3.05, 3.63) is 114 Å². The Balaban J connectivity index is 1.18. The number of carbonyl (C=O) groups excluding carboxylic acids is 2. The van der Waals surface area contributed by atoms with Crippen LogP contribution in [0.15, 0.2) is 97.1 Å². The molecule has 2 atom stereocenters. The van der Waals surface area contributed by atoms with E-state index >= 15 is 0 Å². The molecule has 4 aromatic rings. The van der Waals surface area contributed by atoms with Crippen LogP contribution in [0.5, 0.6) is 5.75 Å². The van der Waals surface area contributed by atoms with E-state index in [-0.39, 0.29) is 24.3 Å². The van der Waals surface area contributed by atoms with Gasteiger partial charge in [-0.2, -0.15) is 0 Å². The van der Waals surface area contributed by atoms with E-state index in [1.165, 1.54) is 10.3 Å². The number of rotatable bonds is 10. The predicted molar refractivity (Wildman–Crippen MR) is 149 cm³/mol. The number of fused-ring (bicyclic) bond motifs is 1. The summed E-state index contributed by atoms with van der Waals surface area (Å²) in [6.45, 7) is 1.54. The van der Waals surface area contributed by atoms with Crippen LogP contribution in [0, 0.1) is 0 Å². The van der Waals surface area contributed by atoms with Crippen molar-refractivity contribution in [1.82, 2.24) is 4.90 Å². The lowest BCUT2D eigenvalue weighted by atomic mass is 9.87. The first kappa shape index (κ1) is 26.4. The molecule has 1 amide bonds. The average Bonchev–Trinajstić information content (AvgIpc) is 2.98. The van der Waals surface area contributed by atoms with Crippen LogP contribution in [-0.4, -0.2) is 42.6 Å². The fourth-order valence-electron chi connectivity index (χ4n) is 5.17. The van der Waals surface area contributed by atoms with Crippen LogP contribution >= 0.6 is 0 Å². The van der Waals surface area contributed by atoms with Gasteiger partial charge < -0.3 is 24.3 Å². The lowest BCUT2D eigenvalue weighted by molar-refractivity contribution is -0.268. The van der Waals surface area contributed by atoms with E-state index in [4.69, 9.17) is 9.47 Å². The molecule has 0 spiro atoms. The Labute approximate surface area is 228 Å². The molecule has 0 N–H and O–H groups in total. The number of benzene rings is 4. The number of Topliss-reactive ketones (excluding diaryl/α,β-unsaturated/α-hetero) is 1. The van der Waals surface area contributed by atoms with Crippen molar-refractivity contribution in [3.63, 3.8) is 0 Å². The molecule has 2 unspecified atom stereocenters. The third-order valence-corrected chi connectivity index (χ3v) is 7.32. The van der Waals surface area contributed by atoms with Crippen molar-refractivity contribution in [1.29, 1.82) is 0 Å². The van der Waals surface area contributed by atoms with Crippen molar-refractivity contribution < 1.29 is 24.2 Å². The molecule has 1 saturated heterocycles. The Kier molecular flexibility index (Phi) is 8.54. The second-order valence-corrected chi connectivity index (χ2v) is 9.95. The number of hydrogen-bond acceptors (Lipinski definition) is 5. The van der Waals surface area contributed by atoms with Gasteiger partial charge in [0.15, 0.2) is 5.78 Å². The molecule has 0 saturated carbocycles. The van der Waals surface area contributed by atoms with Gasteiger partial charge in [0.05, 0.1) is 19.3 Å². The maximum atomic E-state index is 12.3. The quantitative estimate of drug-likeness (QED) is 0.200. The monoisotopic (exact) mass is 522 g/mol. The number of nitrogens with zero attached hydrogens (tertiary/aromatic N) is 1. The Morgan fingerprint density at radius 1 is 0.872 bits per heavy atom. The first-order chi connectivity index (χ1) is 19.1. The molecule has 0 aliphatic carbocycles. The lowest BCUT2D eigenvalue weighted by Gasteiger charge is -2.40. The molecule has 0 aromatic heterocycles. The fraction of sp³-hybridized carbons (Fsp3) is 0.273. The SMILES string of the molecule is O=C(CCCOc1ccc(C2CCN(C(=O)[O-])CC2OCc2ccc3ccccc3c2)cc1)c1ccccc1. The minimum absolute atomic E-state index is 0.0543. The third kappa shape index (κ3) is 6.84. The minimum Gasteiger partial charge on any atom is -0.530 e. The molecule has 6 nitrogen and oxygen atoms in total. The number of piperidine rings is 1. The van der Waals surface area contributed by atoms with Gasteiger partial charge in [-0.05, 0) is 52.9 Å². The highest BCUT2D eigenvalue weighted by Crippen LogP contribution is 2.32. The molecule has 1 aliphatic heterocycles. The van der Waals surface area contributed by atoms with E-state index in [0.717, 1.165) is 27.8 Å². The highest BCUT2D eigenvalue weighted by Gasteiger charge is 2.31. The lowest BCUT2D eigenvalue weighted by Crippen LogP contribution is -2.51. The summed E-state index contributed by atoms with van der Waals surface area (Å²) in [5.74, 6) is 0.914. The maximum absolute atomic E-state index is 12.3. The minimum atomic E-state index is -1.16. The molecule has 4 aromatic carbocycles. The van der Waals surface area contributed by atoms with Crippen molar-refractivity contribution >= 4 is 22.6 Å². The zero-order valence-electron chi connectivity index (χ0n) is 21.8. The van der Waals surface area contributed by atoms with Gasteiger partial charge in [0.25, 0.3) is 0 Å². The second kappa shape index (κ2) is 12.6. The highest BCUT2D eigenvalue weighted by atomic mass is 16.5. The Bertz CT molecular complexity index is 1400. The number of hydrogen-bond donors (Lipinski definition) is 0. The Morgan fingerprint density at radius 3 is 2.38 bits per heavy atom. The molecule has 1 heterocycles. The van der Waals surface area contributed by atoms with Crippen molar-refractivity contribution in [3.8, 4) is 5.75 Å². The van der Waals surface area contributed by atoms with Gasteiger partial charge in [-0.15, -0.1) is 0 Å². The van der Waals surface area contributed by atoms with Gasteiger partial charge in [0.2, 0.25) is 0 Å². The standard InChI is InChI=1S/C33H33NO5/c35-31(27-8-2-1-3-9-27)11-6-20-38-29-16-14-26(15-17-29)30-18-19-34(33(36)37)22-32(30)39-23-24-12-13-25-7-4-5-10-28(25)21-24/h1-5,7-10,12-17,21,30,32H,6,11,18-20,22-23H2,(H,36,37)/p-1. The van der Waals surface area contributed by atoms with E-state index in [1.54, 1.807) is 0 Å². The molecule has 6 heteroatoms. The smallest absolute Gasteiger partial charge is 0.163 e. The topological polar surface area (TPSA) is 78.9 Å². The first-order valence-electron chi connectivity index (χ1n) is 13.4. The number of likely N-dealkylation sites (tertiary alicyclic amines) is 1. The summed E-state index contributed by atoms with van der Waals surface area (Å²) < 4.78 is 12.2. The number of ether oxygens (including phenoxy) is 2. The number of carbonyl (C=O) groups is 2. The van der Waals surface area contributed by atoms with E-state index in [0.29, 0.717) is 39.0 Å². The summed E-state index contributed by atoms with van der Waals surface area (Å²) in [4.78, 5) is 25.2. The van der Waals surface area contributed by atoms with E-state index in [1.807, 2.05) is 66.7 Å². The maximum Gasteiger partial charge on any atom is 0.163 e. The second-order valence-electron chi connectivity index (χ2n) is 9.95. The summed E-state index contributed by atoms with van der Waals surface area (Å²) in [5.41, 5.74) is 2.86. The number of ketones is 1. The molecule has 0 bridgehead atoms. The fourth-order valence-corrected chi connectivity index (χ4v) is 5.17. The molecule has 1 fully saturated rings. The molecular weight excluding hydrogens is 490 g/mol. The van der Waals surface area contributed by atoms with Gasteiger partial charge in [0, 0.05) is 31.0 Å². The van der Waals surface area contributed by atoms with Crippen LogP contribution in [0.1, 0.15) is 46.7 Å². The molecule has 5 rings (SSSR count). The van der Waals surface area contributed by atoms with Crippen molar-refractivity contribution in [2.24, 2.45) is 0 Å². The number of amides is 1. The van der Waals surface area contributed by atoms with Crippen LogP contribution in [-0.2, 0) is 11.3 Å². The Morgan fingerprint density at radius 2 is 1.62 bits per heavy atom. The van der Waals surface area contributed by atoms with Crippen molar-refractivity contribution in [2.75, 3.05) is 19.7 Å². The van der Waals surface area contributed by atoms with Crippen LogP contribution in [0.2, 0.25) is 0 Å². The average molecular weight is 523 g/mol. The van der Waals surface area contributed by atoms with Gasteiger partial charge in [0.1, 0.15) is 11.8 Å². The molecule has 1 aliphatic rings. The third-order valence-electron chi connectivity index (χ3n) is 7.32. The highest BCUT2D eigenvalue weighted by molar-refractivity contribution is 5.95. The van der Waals surface area contributed by atoms with Crippen LogP contribution in [0.3, 0.4) is 0 Å². The zero-order chi connectivity index (χ0) is 27.0. The molecule has 200 valence electrons. The summed E-state index contributed by atoms with van der Waals surface area (Å²) in [7, 11) is 0. The molecular formula is C33H32NO5-. The van der Waals surface area contributed by atoms with E-state index in [9.17, 15) is 14.7 Å². The van der Waals surface area contributed by atoms with E-state index < -0.39 is 6.09 Å². The van der Waals surface area contributed by atoms with Crippen LogP contribution in [0.25, 0.3) is 10.8 Å². The van der Waals surface area contributed by atoms with Crippen LogP contribution < -0.4 is 9.84 Å². The van der Waals surface area contributed by atoms with Gasteiger partial charge >= 0.3 is 0 Å². The summed E-state index contributed by atoms with van der Waals surface area (Å²) in [6.07, 6.45) is 0.274. The largest absolute Gasteiger partial charge is 0.530 e. The summed E-state index contributed by atoms with van der Waals surface area (Å²) in [5, 5.41) is 13.9. The van der Waals surface area contributed by atoms with Gasteiger partial charge in [-0.25, -0.2) is 0 Å². The van der Waals surface area contributed by atoms with E-state index in [2.05, 4.69) is 30.3 Å². The summed E-state index contributed by atoms with van der Waals surface area (Å²) >= 11 is 0. The number of carboxylic acid groups (broad SMARTS) is 1. The molecule has 39 heavy (non-hydrogen) atoms. The predicted octanol–water partition coefficient (Wildman–Crippen LogP) is 5.60.